The Kier molecular flexibility index (Phi) is 4.35. The van der Waals surface area contributed by atoms with Gasteiger partial charge in [-0.2, -0.15) is 0 Å². The van der Waals surface area contributed by atoms with E-state index in [-0.39, 0.29) is 5.54 Å². The quantitative estimate of drug-likeness (QED) is 0.886. The molecule has 1 aromatic carbocycles. The summed E-state index contributed by atoms with van der Waals surface area (Å²) in [4.78, 5) is 2.48. The first kappa shape index (κ1) is 14.2. The van der Waals surface area contributed by atoms with Crippen molar-refractivity contribution in [1.29, 1.82) is 0 Å². The summed E-state index contributed by atoms with van der Waals surface area (Å²) in [5.41, 5.74) is 7.11. The molecule has 1 fully saturated rings. The Bertz CT molecular complexity index is 417. The number of nitrogens with two attached hydrogens (primary N) is 1. The van der Waals surface area contributed by atoms with Crippen molar-refractivity contribution in [3.63, 3.8) is 0 Å². The number of hydrogen-bond donors (Lipinski definition) is 1. The third kappa shape index (κ3) is 3.03. The van der Waals surface area contributed by atoms with E-state index in [1.165, 1.54) is 12.1 Å². The van der Waals surface area contributed by atoms with Gasteiger partial charge in [-0.25, -0.2) is 0 Å². The van der Waals surface area contributed by atoms with Crippen LogP contribution >= 0.6 is 0 Å². The van der Waals surface area contributed by atoms with E-state index in [4.69, 9.17) is 10.5 Å². The number of ether oxygens (including phenoxy) is 1. The van der Waals surface area contributed by atoms with E-state index in [1.54, 1.807) is 0 Å². The zero-order valence-corrected chi connectivity index (χ0v) is 12.4. The van der Waals surface area contributed by atoms with Gasteiger partial charge in [-0.3, -0.25) is 0 Å². The molecule has 3 nitrogen and oxygen atoms in total. The highest BCUT2D eigenvalue weighted by Gasteiger charge is 2.38. The van der Waals surface area contributed by atoms with Crippen LogP contribution in [0.4, 0.5) is 5.69 Å². The van der Waals surface area contributed by atoms with Crippen molar-refractivity contribution in [3.8, 4) is 5.75 Å². The van der Waals surface area contributed by atoms with Crippen LogP contribution in [-0.2, 0) is 0 Å². The first-order valence-corrected chi connectivity index (χ1v) is 7.28. The Morgan fingerprint density at radius 1 is 1.37 bits per heavy atom. The molecule has 0 spiro atoms. The molecule has 0 bridgehead atoms. The predicted octanol–water partition coefficient (Wildman–Crippen LogP) is 3.04. The molecule has 0 aromatic heterocycles. The summed E-state index contributed by atoms with van der Waals surface area (Å²) in [7, 11) is 0. The summed E-state index contributed by atoms with van der Waals surface area (Å²) in [5.74, 6) is 1.68. The SMILES string of the molecule is CCOc1ccccc1N1CC(CCN)CC1(C)C. The molecule has 1 saturated heterocycles. The summed E-state index contributed by atoms with van der Waals surface area (Å²) in [6, 6.07) is 8.35. The van der Waals surface area contributed by atoms with E-state index >= 15 is 0 Å². The number of rotatable bonds is 5. The summed E-state index contributed by atoms with van der Waals surface area (Å²) in [6.07, 6.45) is 2.31. The molecule has 1 aliphatic heterocycles. The van der Waals surface area contributed by atoms with E-state index in [2.05, 4.69) is 36.9 Å². The largest absolute Gasteiger partial charge is 0.492 e. The van der Waals surface area contributed by atoms with Crippen molar-refractivity contribution in [2.75, 3.05) is 24.6 Å². The van der Waals surface area contributed by atoms with E-state index in [0.29, 0.717) is 12.5 Å². The topological polar surface area (TPSA) is 38.5 Å². The lowest BCUT2D eigenvalue weighted by Gasteiger charge is -2.34. The molecule has 106 valence electrons. The van der Waals surface area contributed by atoms with Gasteiger partial charge in [-0.1, -0.05) is 12.1 Å². The molecular formula is C16H26N2O. The van der Waals surface area contributed by atoms with Gasteiger partial charge in [0, 0.05) is 12.1 Å². The number of nitrogens with zero attached hydrogens (tertiary/aromatic N) is 1. The first-order chi connectivity index (χ1) is 9.08. The minimum absolute atomic E-state index is 0.174. The second kappa shape index (κ2) is 5.83. The van der Waals surface area contributed by atoms with Gasteiger partial charge in [0.1, 0.15) is 5.75 Å². The van der Waals surface area contributed by atoms with Crippen LogP contribution in [0.25, 0.3) is 0 Å². The van der Waals surface area contributed by atoms with Crippen molar-refractivity contribution < 1.29 is 4.74 Å². The fourth-order valence-electron chi connectivity index (χ4n) is 3.20. The number of hydrogen-bond acceptors (Lipinski definition) is 3. The van der Waals surface area contributed by atoms with E-state index in [0.717, 1.165) is 25.3 Å². The third-order valence-corrected chi connectivity index (χ3v) is 3.99. The van der Waals surface area contributed by atoms with Crippen LogP contribution in [0.3, 0.4) is 0 Å². The van der Waals surface area contributed by atoms with Gasteiger partial charge in [-0.15, -0.1) is 0 Å². The van der Waals surface area contributed by atoms with Crippen molar-refractivity contribution in [1.82, 2.24) is 0 Å². The molecule has 2 N–H and O–H groups in total. The molecule has 1 aromatic rings. The van der Waals surface area contributed by atoms with Crippen LogP contribution < -0.4 is 15.4 Å². The lowest BCUT2D eigenvalue weighted by molar-refractivity contribution is 0.338. The average molecular weight is 262 g/mol. The highest BCUT2D eigenvalue weighted by Crippen LogP contribution is 2.41. The van der Waals surface area contributed by atoms with Crippen molar-refractivity contribution in [2.45, 2.75) is 39.2 Å². The summed E-state index contributed by atoms with van der Waals surface area (Å²) < 4.78 is 5.77. The monoisotopic (exact) mass is 262 g/mol. The molecule has 0 saturated carbocycles. The zero-order valence-electron chi connectivity index (χ0n) is 12.4. The highest BCUT2D eigenvalue weighted by molar-refractivity contribution is 5.60. The smallest absolute Gasteiger partial charge is 0.142 e. The van der Waals surface area contributed by atoms with Crippen LogP contribution in [0, 0.1) is 5.92 Å². The second-order valence-electron chi connectivity index (χ2n) is 5.97. The minimum Gasteiger partial charge on any atom is -0.492 e. The Balaban J connectivity index is 2.25. The molecule has 3 heteroatoms. The number of para-hydroxylation sites is 2. The Morgan fingerprint density at radius 2 is 2.11 bits per heavy atom. The van der Waals surface area contributed by atoms with Crippen LogP contribution in [0.1, 0.15) is 33.6 Å². The fraction of sp³-hybridized carbons (Fsp3) is 0.625. The maximum atomic E-state index is 5.77. The fourth-order valence-corrected chi connectivity index (χ4v) is 3.20. The molecule has 2 rings (SSSR count). The Hall–Kier alpha value is -1.22. The molecule has 1 aliphatic rings. The first-order valence-electron chi connectivity index (χ1n) is 7.28. The summed E-state index contributed by atoms with van der Waals surface area (Å²) in [5, 5.41) is 0. The van der Waals surface area contributed by atoms with E-state index in [1.807, 2.05) is 13.0 Å². The van der Waals surface area contributed by atoms with Gasteiger partial charge in [0.05, 0.1) is 12.3 Å². The minimum atomic E-state index is 0.174. The van der Waals surface area contributed by atoms with E-state index < -0.39 is 0 Å². The molecule has 19 heavy (non-hydrogen) atoms. The molecule has 1 atom stereocenters. The highest BCUT2D eigenvalue weighted by atomic mass is 16.5. The molecule has 1 unspecified atom stereocenters. The molecule has 0 amide bonds. The maximum absolute atomic E-state index is 5.77. The molecule has 0 radical (unpaired) electrons. The maximum Gasteiger partial charge on any atom is 0.142 e. The lowest BCUT2D eigenvalue weighted by Crippen LogP contribution is -2.38. The third-order valence-electron chi connectivity index (χ3n) is 3.99. The van der Waals surface area contributed by atoms with E-state index in [9.17, 15) is 0 Å². The van der Waals surface area contributed by atoms with Crippen LogP contribution in [0.2, 0.25) is 0 Å². The van der Waals surface area contributed by atoms with Gasteiger partial charge in [0.2, 0.25) is 0 Å². The van der Waals surface area contributed by atoms with Gasteiger partial charge >= 0.3 is 0 Å². The molecule has 1 heterocycles. The number of anilines is 1. The second-order valence-corrected chi connectivity index (χ2v) is 5.97. The van der Waals surface area contributed by atoms with Gasteiger partial charge in [0.25, 0.3) is 0 Å². The van der Waals surface area contributed by atoms with Crippen molar-refractivity contribution in [2.24, 2.45) is 11.7 Å². The normalized spacial score (nSPS) is 21.7. The van der Waals surface area contributed by atoms with Crippen LogP contribution in [0.5, 0.6) is 5.75 Å². The van der Waals surface area contributed by atoms with Gasteiger partial charge < -0.3 is 15.4 Å². The summed E-state index contributed by atoms with van der Waals surface area (Å²) >= 11 is 0. The van der Waals surface area contributed by atoms with Gasteiger partial charge in [-0.05, 0) is 58.2 Å². The van der Waals surface area contributed by atoms with Crippen molar-refractivity contribution >= 4 is 5.69 Å². The average Bonchev–Trinajstić information content (AvgIpc) is 2.66. The molecule has 0 aliphatic carbocycles. The Labute approximate surface area is 116 Å². The lowest BCUT2D eigenvalue weighted by atomic mass is 9.94. The predicted molar refractivity (Wildman–Crippen MR) is 80.8 cm³/mol. The standard InChI is InChI=1S/C16H26N2O/c1-4-19-15-8-6-5-7-14(15)18-12-13(9-10-17)11-16(18,2)3/h5-8,13H,4,9-12,17H2,1-3H3. The number of benzene rings is 1. The van der Waals surface area contributed by atoms with Crippen LogP contribution in [-0.4, -0.2) is 25.2 Å². The molecular weight excluding hydrogens is 236 g/mol. The van der Waals surface area contributed by atoms with Crippen molar-refractivity contribution in [3.05, 3.63) is 24.3 Å². The van der Waals surface area contributed by atoms with Gasteiger partial charge in [0.15, 0.2) is 0 Å². The summed E-state index contributed by atoms with van der Waals surface area (Å²) in [6.45, 7) is 9.22. The zero-order chi connectivity index (χ0) is 13.9. The Morgan fingerprint density at radius 3 is 2.79 bits per heavy atom. The van der Waals surface area contributed by atoms with Crippen LogP contribution in [0.15, 0.2) is 24.3 Å².